The Balaban J connectivity index is 2.33. The van der Waals surface area contributed by atoms with Crippen LogP contribution in [0, 0.1) is 17.3 Å². The van der Waals surface area contributed by atoms with Gasteiger partial charge in [0.25, 0.3) is 0 Å². The summed E-state index contributed by atoms with van der Waals surface area (Å²) in [7, 11) is 0. The van der Waals surface area contributed by atoms with E-state index in [1.807, 2.05) is 0 Å². The first-order chi connectivity index (χ1) is 7.57. The summed E-state index contributed by atoms with van der Waals surface area (Å²) in [5, 5.41) is 3.73. The molecule has 0 aromatic heterocycles. The maximum atomic E-state index is 3.73. The van der Waals surface area contributed by atoms with Crippen LogP contribution in [0.4, 0.5) is 0 Å². The minimum absolute atomic E-state index is 0.534. The number of rotatable bonds is 2. The molecule has 1 aliphatic carbocycles. The first-order valence-electron chi connectivity index (χ1n) is 7.05. The Morgan fingerprint density at radius 3 is 2.06 bits per heavy atom. The molecule has 2 aliphatic rings. The van der Waals surface area contributed by atoms with E-state index < -0.39 is 0 Å². The highest BCUT2D eigenvalue weighted by molar-refractivity contribution is 5.31. The number of allylic oxidation sites excluding steroid dienone is 1. The lowest BCUT2D eigenvalue weighted by Crippen LogP contribution is -2.31. The fraction of sp³-hybridized carbons (Fsp3) is 0.867. The van der Waals surface area contributed by atoms with E-state index in [0.29, 0.717) is 17.3 Å². The van der Waals surface area contributed by atoms with Crippen LogP contribution in [0.3, 0.4) is 0 Å². The molecule has 2 rings (SSSR count). The molecule has 1 nitrogen and oxygen atoms in total. The summed E-state index contributed by atoms with van der Waals surface area (Å²) in [6.45, 7) is 10.6. The molecule has 1 fully saturated rings. The fourth-order valence-electron chi connectivity index (χ4n) is 3.85. The van der Waals surface area contributed by atoms with Crippen LogP contribution in [0.5, 0.6) is 0 Å². The normalized spacial score (nSPS) is 24.6. The predicted molar refractivity (Wildman–Crippen MR) is 70.2 cm³/mol. The van der Waals surface area contributed by atoms with Crippen LogP contribution in [-0.2, 0) is 0 Å². The molecule has 0 bridgehead atoms. The molecule has 0 radical (unpaired) electrons. The highest BCUT2D eigenvalue weighted by Gasteiger charge is 2.42. The second-order valence-electron chi connectivity index (χ2n) is 6.33. The summed E-state index contributed by atoms with van der Waals surface area (Å²) in [6, 6.07) is 0. The molecule has 0 unspecified atom stereocenters. The van der Waals surface area contributed by atoms with Crippen LogP contribution >= 0.6 is 0 Å². The van der Waals surface area contributed by atoms with Crippen LogP contribution in [0.2, 0.25) is 0 Å². The topological polar surface area (TPSA) is 12.0 Å². The average molecular weight is 221 g/mol. The van der Waals surface area contributed by atoms with E-state index >= 15 is 0 Å². The maximum absolute atomic E-state index is 3.73. The molecule has 16 heavy (non-hydrogen) atoms. The van der Waals surface area contributed by atoms with Gasteiger partial charge < -0.3 is 5.32 Å². The number of hydrogen-bond acceptors (Lipinski definition) is 1. The van der Waals surface area contributed by atoms with Gasteiger partial charge in [0.15, 0.2) is 0 Å². The summed E-state index contributed by atoms with van der Waals surface area (Å²) < 4.78 is 0. The Morgan fingerprint density at radius 1 is 0.938 bits per heavy atom. The van der Waals surface area contributed by atoms with Crippen molar-refractivity contribution in [2.45, 2.75) is 59.8 Å². The standard InChI is InChI=1S/C15H27N/c1-11(2)13-14(12(3)4)16-10-15(13)8-6-5-7-9-15/h11-12,16H,5-10H2,1-4H3. The summed E-state index contributed by atoms with van der Waals surface area (Å²) in [5.41, 5.74) is 3.87. The van der Waals surface area contributed by atoms with Gasteiger partial charge in [0.2, 0.25) is 0 Å². The highest BCUT2D eigenvalue weighted by Crippen LogP contribution is 2.49. The van der Waals surface area contributed by atoms with E-state index in [2.05, 4.69) is 33.0 Å². The van der Waals surface area contributed by atoms with Gasteiger partial charge in [0.1, 0.15) is 0 Å². The summed E-state index contributed by atoms with van der Waals surface area (Å²) in [5.74, 6) is 1.38. The van der Waals surface area contributed by atoms with Crippen molar-refractivity contribution < 1.29 is 0 Å². The Labute approximate surface area is 101 Å². The van der Waals surface area contributed by atoms with Gasteiger partial charge in [-0.3, -0.25) is 0 Å². The third-order valence-electron chi connectivity index (χ3n) is 4.44. The highest BCUT2D eigenvalue weighted by atomic mass is 14.9. The summed E-state index contributed by atoms with van der Waals surface area (Å²) in [4.78, 5) is 0. The van der Waals surface area contributed by atoms with E-state index in [9.17, 15) is 0 Å². The average Bonchev–Trinajstić information content (AvgIpc) is 2.58. The molecular weight excluding hydrogens is 194 g/mol. The van der Waals surface area contributed by atoms with Crippen molar-refractivity contribution in [3.05, 3.63) is 11.3 Å². The Morgan fingerprint density at radius 2 is 1.56 bits per heavy atom. The molecule has 0 atom stereocenters. The SMILES string of the molecule is CC(C)C1=C(C(C)C)C2(CCCCC2)CN1. The van der Waals surface area contributed by atoms with Crippen LogP contribution in [0.25, 0.3) is 0 Å². The molecule has 1 spiro atoms. The minimum Gasteiger partial charge on any atom is -0.387 e. The van der Waals surface area contributed by atoms with Crippen molar-refractivity contribution in [1.82, 2.24) is 5.32 Å². The van der Waals surface area contributed by atoms with Crippen molar-refractivity contribution >= 4 is 0 Å². The van der Waals surface area contributed by atoms with Crippen LogP contribution in [-0.4, -0.2) is 6.54 Å². The van der Waals surface area contributed by atoms with Crippen molar-refractivity contribution in [1.29, 1.82) is 0 Å². The third-order valence-corrected chi connectivity index (χ3v) is 4.44. The molecule has 0 aromatic carbocycles. The molecule has 1 aliphatic heterocycles. The van der Waals surface area contributed by atoms with Crippen molar-refractivity contribution in [3.63, 3.8) is 0 Å². The van der Waals surface area contributed by atoms with Crippen molar-refractivity contribution in [2.75, 3.05) is 6.54 Å². The van der Waals surface area contributed by atoms with Gasteiger partial charge in [-0.1, -0.05) is 47.0 Å². The predicted octanol–water partition coefficient (Wildman–Crippen LogP) is 4.11. The van der Waals surface area contributed by atoms with Crippen molar-refractivity contribution in [2.24, 2.45) is 17.3 Å². The molecule has 1 N–H and O–H groups in total. The van der Waals surface area contributed by atoms with E-state index in [0.717, 1.165) is 0 Å². The molecule has 0 amide bonds. The van der Waals surface area contributed by atoms with E-state index in [1.54, 1.807) is 11.3 Å². The molecule has 0 aromatic rings. The molecular formula is C15H27N. The molecule has 1 heteroatoms. The number of nitrogens with one attached hydrogen (secondary N) is 1. The Bertz CT molecular complexity index is 280. The second-order valence-corrected chi connectivity index (χ2v) is 6.33. The fourth-order valence-corrected chi connectivity index (χ4v) is 3.85. The molecule has 1 heterocycles. The molecule has 92 valence electrons. The van der Waals surface area contributed by atoms with Gasteiger partial charge in [0, 0.05) is 17.7 Å². The van der Waals surface area contributed by atoms with Gasteiger partial charge in [-0.2, -0.15) is 0 Å². The largest absolute Gasteiger partial charge is 0.387 e. The lowest BCUT2D eigenvalue weighted by molar-refractivity contribution is 0.239. The van der Waals surface area contributed by atoms with Gasteiger partial charge in [-0.05, 0) is 30.3 Å². The lowest BCUT2D eigenvalue weighted by Gasteiger charge is -2.37. The zero-order valence-corrected chi connectivity index (χ0v) is 11.4. The third kappa shape index (κ3) is 1.89. The summed E-state index contributed by atoms with van der Waals surface area (Å²) in [6.07, 6.45) is 7.16. The lowest BCUT2D eigenvalue weighted by atomic mass is 9.67. The molecule has 1 saturated carbocycles. The smallest absolute Gasteiger partial charge is 0.0238 e. The van der Waals surface area contributed by atoms with Gasteiger partial charge in [-0.15, -0.1) is 0 Å². The minimum atomic E-state index is 0.534. The summed E-state index contributed by atoms with van der Waals surface area (Å²) >= 11 is 0. The van der Waals surface area contributed by atoms with E-state index in [4.69, 9.17) is 0 Å². The van der Waals surface area contributed by atoms with Crippen LogP contribution < -0.4 is 5.32 Å². The maximum Gasteiger partial charge on any atom is 0.0238 e. The van der Waals surface area contributed by atoms with Crippen molar-refractivity contribution in [3.8, 4) is 0 Å². The second kappa shape index (κ2) is 4.43. The Hall–Kier alpha value is -0.460. The van der Waals surface area contributed by atoms with Gasteiger partial charge >= 0.3 is 0 Å². The Kier molecular flexibility index (Phi) is 3.32. The van der Waals surface area contributed by atoms with E-state index in [1.165, 1.54) is 38.6 Å². The van der Waals surface area contributed by atoms with Gasteiger partial charge in [-0.25, -0.2) is 0 Å². The first kappa shape index (κ1) is 12.0. The quantitative estimate of drug-likeness (QED) is 0.740. The van der Waals surface area contributed by atoms with Crippen LogP contribution in [0.1, 0.15) is 59.8 Å². The zero-order chi connectivity index (χ0) is 11.8. The molecule has 0 saturated heterocycles. The first-order valence-corrected chi connectivity index (χ1v) is 7.05. The van der Waals surface area contributed by atoms with Crippen LogP contribution in [0.15, 0.2) is 11.3 Å². The van der Waals surface area contributed by atoms with Gasteiger partial charge in [0.05, 0.1) is 0 Å². The number of hydrogen-bond donors (Lipinski definition) is 1. The van der Waals surface area contributed by atoms with E-state index in [-0.39, 0.29) is 0 Å². The monoisotopic (exact) mass is 221 g/mol. The zero-order valence-electron chi connectivity index (χ0n) is 11.4.